The highest BCUT2D eigenvalue weighted by Gasteiger charge is 2.32. The van der Waals surface area contributed by atoms with Crippen molar-refractivity contribution in [2.75, 3.05) is 19.6 Å². The van der Waals surface area contributed by atoms with Crippen molar-refractivity contribution < 1.29 is 9.90 Å². The van der Waals surface area contributed by atoms with Gasteiger partial charge in [0.1, 0.15) is 6.04 Å². The van der Waals surface area contributed by atoms with Gasteiger partial charge < -0.3 is 16.2 Å². The number of rotatable bonds is 5. The minimum Gasteiger partial charge on any atom is -0.387 e. The maximum Gasteiger partial charge on any atom is 0.242 e. The summed E-state index contributed by atoms with van der Waals surface area (Å²) in [5, 5.41) is 13.7. The van der Waals surface area contributed by atoms with E-state index in [1.165, 1.54) is 0 Å². The predicted molar refractivity (Wildman–Crippen MR) is 97.8 cm³/mol. The summed E-state index contributed by atoms with van der Waals surface area (Å²) in [5.41, 5.74) is 8.74. The molecule has 5 heteroatoms. The molecular weight excluding hydrogens is 314 g/mol. The Morgan fingerprint density at radius 3 is 2.48 bits per heavy atom. The number of hydrogen-bond acceptors (Lipinski definition) is 4. The molecule has 0 radical (unpaired) electrons. The molecule has 3 atom stereocenters. The summed E-state index contributed by atoms with van der Waals surface area (Å²) in [6, 6.07) is 16.8. The molecule has 3 rings (SSSR count). The second-order valence-electron chi connectivity index (χ2n) is 6.53. The fourth-order valence-electron chi connectivity index (χ4n) is 3.46. The molecule has 2 aromatic carbocycles. The average Bonchev–Trinajstić information content (AvgIpc) is 2.62. The first-order valence-corrected chi connectivity index (χ1v) is 8.67. The van der Waals surface area contributed by atoms with Crippen molar-refractivity contribution in [3.8, 4) is 0 Å². The number of aliphatic hydroxyl groups excluding tert-OH is 1. The fraction of sp³-hybridized carbons (Fsp3) is 0.350. The SMILES string of the molecule is CC(N)c1ccccc1C(O)CN1CCNC(=O)C1c1ccccc1. The summed E-state index contributed by atoms with van der Waals surface area (Å²) in [6.07, 6.45) is -0.695. The van der Waals surface area contributed by atoms with Gasteiger partial charge in [-0.05, 0) is 23.6 Å². The smallest absolute Gasteiger partial charge is 0.242 e. The Hall–Kier alpha value is -2.21. The van der Waals surface area contributed by atoms with Crippen molar-refractivity contribution >= 4 is 5.91 Å². The second kappa shape index (κ2) is 7.78. The number of nitrogens with zero attached hydrogens (tertiary/aromatic N) is 1. The zero-order chi connectivity index (χ0) is 17.8. The number of nitrogens with two attached hydrogens (primary N) is 1. The first-order valence-electron chi connectivity index (χ1n) is 8.67. The Bertz CT molecular complexity index is 718. The number of benzene rings is 2. The van der Waals surface area contributed by atoms with E-state index in [1.54, 1.807) is 0 Å². The molecule has 0 saturated carbocycles. The van der Waals surface area contributed by atoms with E-state index in [2.05, 4.69) is 5.32 Å². The number of carbonyl (C=O) groups is 1. The molecule has 1 aliphatic rings. The van der Waals surface area contributed by atoms with E-state index in [-0.39, 0.29) is 18.0 Å². The lowest BCUT2D eigenvalue weighted by atomic mass is 9.96. The van der Waals surface area contributed by atoms with Crippen LogP contribution in [0.5, 0.6) is 0 Å². The summed E-state index contributed by atoms with van der Waals surface area (Å²) in [5.74, 6) is -0.0230. The van der Waals surface area contributed by atoms with Crippen LogP contribution in [-0.2, 0) is 4.79 Å². The molecule has 1 saturated heterocycles. The van der Waals surface area contributed by atoms with E-state index in [1.807, 2.05) is 66.4 Å². The topological polar surface area (TPSA) is 78.6 Å². The zero-order valence-electron chi connectivity index (χ0n) is 14.4. The average molecular weight is 339 g/mol. The van der Waals surface area contributed by atoms with Gasteiger partial charge in [0.2, 0.25) is 5.91 Å². The van der Waals surface area contributed by atoms with Crippen molar-refractivity contribution in [1.82, 2.24) is 10.2 Å². The zero-order valence-corrected chi connectivity index (χ0v) is 14.4. The van der Waals surface area contributed by atoms with Crippen molar-refractivity contribution in [3.05, 3.63) is 71.3 Å². The van der Waals surface area contributed by atoms with Gasteiger partial charge in [-0.25, -0.2) is 0 Å². The van der Waals surface area contributed by atoms with Gasteiger partial charge in [0, 0.05) is 25.7 Å². The Kier molecular flexibility index (Phi) is 5.48. The molecule has 1 fully saturated rings. The normalized spacial score (nSPS) is 20.8. The lowest BCUT2D eigenvalue weighted by Crippen LogP contribution is -2.51. The van der Waals surface area contributed by atoms with Crippen molar-refractivity contribution in [2.45, 2.75) is 25.1 Å². The van der Waals surface area contributed by atoms with Crippen molar-refractivity contribution in [2.24, 2.45) is 5.73 Å². The van der Waals surface area contributed by atoms with Crippen molar-refractivity contribution in [1.29, 1.82) is 0 Å². The van der Waals surface area contributed by atoms with Crippen LogP contribution in [0.25, 0.3) is 0 Å². The third-order valence-corrected chi connectivity index (χ3v) is 4.68. The molecule has 1 heterocycles. The largest absolute Gasteiger partial charge is 0.387 e. The molecule has 1 amide bonds. The van der Waals surface area contributed by atoms with Gasteiger partial charge in [0.15, 0.2) is 0 Å². The van der Waals surface area contributed by atoms with Crippen LogP contribution in [0, 0.1) is 0 Å². The summed E-state index contributed by atoms with van der Waals surface area (Å²) in [7, 11) is 0. The molecule has 4 N–H and O–H groups in total. The molecular formula is C20H25N3O2. The molecule has 0 aromatic heterocycles. The molecule has 25 heavy (non-hydrogen) atoms. The maximum atomic E-state index is 12.4. The van der Waals surface area contributed by atoms with Gasteiger partial charge in [0.05, 0.1) is 6.10 Å². The number of amides is 1. The first kappa shape index (κ1) is 17.6. The van der Waals surface area contributed by atoms with Gasteiger partial charge in [-0.1, -0.05) is 54.6 Å². The quantitative estimate of drug-likeness (QED) is 0.778. The molecule has 0 bridgehead atoms. The van der Waals surface area contributed by atoms with E-state index in [0.717, 1.165) is 16.7 Å². The Labute approximate surface area is 148 Å². The number of β-amino-alcohol motifs (C(OH)–C–C–N with tert-alkyl or cyclic N) is 1. The summed E-state index contributed by atoms with van der Waals surface area (Å²) >= 11 is 0. The number of aliphatic hydroxyl groups is 1. The molecule has 5 nitrogen and oxygen atoms in total. The first-order chi connectivity index (χ1) is 12.1. The van der Waals surface area contributed by atoms with Gasteiger partial charge >= 0.3 is 0 Å². The molecule has 0 aliphatic carbocycles. The summed E-state index contributed by atoms with van der Waals surface area (Å²) in [4.78, 5) is 14.5. The Balaban J connectivity index is 1.84. The standard InChI is InChI=1S/C20H25N3O2/c1-14(21)16-9-5-6-10-17(16)18(24)13-23-12-11-22-20(25)19(23)15-7-3-2-4-8-15/h2-10,14,18-19,24H,11-13,21H2,1H3,(H,22,25). The third kappa shape index (κ3) is 3.90. The van der Waals surface area contributed by atoms with Crippen LogP contribution in [0.1, 0.15) is 41.8 Å². The van der Waals surface area contributed by atoms with E-state index >= 15 is 0 Å². The highest BCUT2D eigenvalue weighted by atomic mass is 16.3. The minimum absolute atomic E-state index is 0.0230. The van der Waals surface area contributed by atoms with Gasteiger partial charge in [-0.2, -0.15) is 0 Å². The number of hydrogen-bond donors (Lipinski definition) is 3. The fourth-order valence-corrected chi connectivity index (χ4v) is 3.46. The second-order valence-corrected chi connectivity index (χ2v) is 6.53. The van der Waals surface area contributed by atoms with Crippen molar-refractivity contribution in [3.63, 3.8) is 0 Å². The Morgan fingerprint density at radius 2 is 1.80 bits per heavy atom. The van der Waals surface area contributed by atoms with Crippen LogP contribution in [0.2, 0.25) is 0 Å². The minimum atomic E-state index is -0.695. The van der Waals surface area contributed by atoms with Gasteiger partial charge in [-0.15, -0.1) is 0 Å². The number of carbonyl (C=O) groups excluding carboxylic acids is 1. The maximum absolute atomic E-state index is 12.4. The monoisotopic (exact) mass is 339 g/mol. The lowest BCUT2D eigenvalue weighted by molar-refractivity contribution is -0.130. The molecule has 3 unspecified atom stereocenters. The number of piperazine rings is 1. The molecule has 1 aliphatic heterocycles. The van der Waals surface area contributed by atoms with E-state index in [0.29, 0.717) is 19.6 Å². The van der Waals surface area contributed by atoms with Crippen LogP contribution < -0.4 is 11.1 Å². The van der Waals surface area contributed by atoms with E-state index in [9.17, 15) is 9.90 Å². The number of nitrogens with one attached hydrogen (secondary N) is 1. The lowest BCUT2D eigenvalue weighted by Gasteiger charge is -2.36. The third-order valence-electron chi connectivity index (χ3n) is 4.68. The van der Waals surface area contributed by atoms with Crippen LogP contribution in [0.3, 0.4) is 0 Å². The van der Waals surface area contributed by atoms with Crippen LogP contribution in [-0.4, -0.2) is 35.5 Å². The highest BCUT2D eigenvalue weighted by molar-refractivity contribution is 5.83. The van der Waals surface area contributed by atoms with E-state index < -0.39 is 6.10 Å². The van der Waals surface area contributed by atoms with Crippen LogP contribution in [0.15, 0.2) is 54.6 Å². The van der Waals surface area contributed by atoms with Crippen LogP contribution >= 0.6 is 0 Å². The summed E-state index contributed by atoms with van der Waals surface area (Å²) < 4.78 is 0. The summed E-state index contributed by atoms with van der Waals surface area (Å²) in [6.45, 7) is 3.58. The highest BCUT2D eigenvalue weighted by Crippen LogP contribution is 2.28. The Morgan fingerprint density at radius 1 is 1.16 bits per heavy atom. The van der Waals surface area contributed by atoms with Gasteiger partial charge in [0.25, 0.3) is 0 Å². The van der Waals surface area contributed by atoms with Crippen LogP contribution in [0.4, 0.5) is 0 Å². The predicted octanol–water partition coefficient (Wildman–Crippen LogP) is 1.91. The molecule has 0 spiro atoms. The molecule has 132 valence electrons. The molecule has 2 aromatic rings. The van der Waals surface area contributed by atoms with E-state index in [4.69, 9.17) is 5.73 Å². The van der Waals surface area contributed by atoms with Gasteiger partial charge in [-0.3, -0.25) is 9.69 Å².